The van der Waals surface area contributed by atoms with Crippen LogP contribution in [-0.4, -0.2) is 22.6 Å². The Bertz CT molecular complexity index is 943. The summed E-state index contributed by atoms with van der Waals surface area (Å²) in [5.41, 5.74) is 1.67. The summed E-state index contributed by atoms with van der Waals surface area (Å²) < 4.78 is 45.7. The summed E-state index contributed by atoms with van der Waals surface area (Å²) in [5, 5.41) is 13.2. The maximum absolute atomic E-state index is 12.2. The van der Waals surface area contributed by atoms with Crippen molar-refractivity contribution in [2.24, 2.45) is 0 Å². The van der Waals surface area contributed by atoms with Gasteiger partial charge in [0.2, 0.25) is 0 Å². The molecule has 2 aromatic carbocycles. The van der Waals surface area contributed by atoms with Crippen LogP contribution in [0.5, 0.6) is 5.75 Å². The van der Waals surface area contributed by atoms with Crippen molar-refractivity contribution < 1.29 is 32.3 Å². The fraction of sp³-hybridized carbons (Fsp3) is 0.0588. The van der Waals surface area contributed by atoms with E-state index in [9.17, 15) is 18.0 Å². The molecule has 0 aliphatic rings. The molecule has 0 fully saturated rings. The SMILES string of the molecule is O=C(O)/C=C/c1ccc2noc(-c3ccc(OC(F)(F)F)cc3)c2c1. The summed E-state index contributed by atoms with van der Waals surface area (Å²) in [6, 6.07) is 10.2. The van der Waals surface area contributed by atoms with Gasteiger partial charge in [-0.05, 0) is 48.0 Å². The van der Waals surface area contributed by atoms with Crippen molar-refractivity contribution in [1.29, 1.82) is 0 Å². The Morgan fingerprint density at radius 2 is 1.88 bits per heavy atom. The average molecular weight is 349 g/mol. The van der Waals surface area contributed by atoms with Crippen LogP contribution < -0.4 is 4.74 Å². The summed E-state index contributed by atoms with van der Waals surface area (Å²) in [5.74, 6) is -1.06. The first-order valence-corrected chi connectivity index (χ1v) is 6.98. The van der Waals surface area contributed by atoms with E-state index in [4.69, 9.17) is 9.63 Å². The Labute approximate surface area is 138 Å². The molecule has 3 aromatic rings. The summed E-state index contributed by atoms with van der Waals surface area (Å²) >= 11 is 0. The Morgan fingerprint density at radius 1 is 1.16 bits per heavy atom. The highest BCUT2D eigenvalue weighted by Crippen LogP contribution is 2.31. The number of carbonyl (C=O) groups is 1. The van der Waals surface area contributed by atoms with Crippen molar-refractivity contribution in [2.75, 3.05) is 0 Å². The molecular formula is C17H10F3NO4. The summed E-state index contributed by atoms with van der Waals surface area (Å²) in [6.45, 7) is 0. The first-order chi connectivity index (χ1) is 11.8. The number of rotatable bonds is 4. The van der Waals surface area contributed by atoms with Crippen LogP contribution in [0.3, 0.4) is 0 Å². The molecule has 0 unspecified atom stereocenters. The number of ether oxygens (including phenoxy) is 1. The van der Waals surface area contributed by atoms with Gasteiger partial charge in [-0.2, -0.15) is 0 Å². The van der Waals surface area contributed by atoms with E-state index in [1.165, 1.54) is 30.3 Å². The Morgan fingerprint density at radius 3 is 2.52 bits per heavy atom. The van der Waals surface area contributed by atoms with Crippen molar-refractivity contribution >= 4 is 22.9 Å². The first-order valence-electron chi connectivity index (χ1n) is 6.98. The molecule has 0 atom stereocenters. The van der Waals surface area contributed by atoms with E-state index in [0.717, 1.165) is 6.08 Å². The number of halogens is 3. The molecule has 0 aliphatic heterocycles. The third kappa shape index (κ3) is 3.97. The fourth-order valence-electron chi connectivity index (χ4n) is 2.25. The molecular weight excluding hydrogens is 339 g/mol. The molecule has 5 nitrogen and oxygen atoms in total. The van der Waals surface area contributed by atoms with Gasteiger partial charge in [0.15, 0.2) is 5.76 Å². The number of hydrogen-bond donors (Lipinski definition) is 1. The lowest BCUT2D eigenvalue weighted by Crippen LogP contribution is -2.16. The number of fused-ring (bicyclic) bond motifs is 1. The molecule has 128 valence electrons. The quantitative estimate of drug-likeness (QED) is 0.703. The van der Waals surface area contributed by atoms with Gasteiger partial charge in [-0.25, -0.2) is 4.79 Å². The molecule has 0 amide bonds. The zero-order valence-corrected chi connectivity index (χ0v) is 12.4. The molecule has 0 bridgehead atoms. The lowest BCUT2D eigenvalue weighted by Gasteiger charge is -2.08. The number of aromatic nitrogens is 1. The van der Waals surface area contributed by atoms with E-state index in [0.29, 0.717) is 27.8 Å². The molecule has 0 radical (unpaired) electrons. The lowest BCUT2D eigenvalue weighted by molar-refractivity contribution is -0.274. The predicted octanol–water partition coefficient (Wildman–Crippen LogP) is 4.49. The summed E-state index contributed by atoms with van der Waals surface area (Å²) in [4.78, 5) is 10.6. The van der Waals surface area contributed by atoms with Gasteiger partial charge >= 0.3 is 12.3 Å². The second-order valence-corrected chi connectivity index (χ2v) is 5.03. The highest BCUT2D eigenvalue weighted by atomic mass is 19.4. The smallest absolute Gasteiger partial charge is 0.478 e. The zero-order chi connectivity index (χ0) is 18.0. The molecule has 1 N–H and O–H groups in total. The Balaban J connectivity index is 1.95. The van der Waals surface area contributed by atoms with Crippen LogP contribution in [-0.2, 0) is 4.79 Å². The zero-order valence-electron chi connectivity index (χ0n) is 12.4. The molecule has 0 spiro atoms. The average Bonchev–Trinajstić information content (AvgIpc) is 2.95. The van der Waals surface area contributed by atoms with Crippen LogP contribution in [0.25, 0.3) is 28.3 Å². The second-order valence-electron chi connectivity index (χ2n) is 5.03. The van der Waals surface area contributed by atoms with Gasteiger partial charge in [0, 0.05) is 11.6 Å². The van der Waals surface area contributed by atoms with E-state index in [-0.39, 0.29) is 5.75 Å². The second kappa shape index (κ2) is 6.31. The monoisotopic (exact) mass is 349 g/mol. The lowest BCUT2D eigenvalue weighted by atomic mass is 10.1. The fourth-order valence-corrected chi connectivity index (χ4v) is 2.25. The molecule has 0 saturated carbocycles. The molecule has 0 aliphatic carbocycles. The van der Waals surface area contributed by atoms with E-state index in [1.807, 2.05) is 0 Å². The number of aliphatic carboxylic acids is 1. The predicted molar refractivity (Wildman–Crippen MR) is 82.8 cm³/mol. The van der Waals surface area contributed by atoms with Crippen LogP contribution in [0.4, 0.5) is 13.2 Å². The Kier molecular flexibility index (Phi) is 4.18. The molecule has 8 heteroatoms. The molecule has 1 aromatic heterocycles. The van der Waals surface area contributed by atoms with Crippen molar-refractivity contribution in [3.05, 3.63) is 54.1 Å². The van der Waals surface area contributed by atoms with Gasteiger partial charge in [-0.3, -0.25) is 0 Å². The van der Waals surface area contributed by atoms with Crippen LogP contribution in [0, 0.1) is 0 Å². The maximum atomic E-state index is 12.2. The third-order valence-electron chi connectivity index (χ3n) is 3.27. The van der Waals surface area contributed by atoms with Gasteiger partial charge in [-0.1, -0.05) is 11.2 Å². The van der Waals surface area contributed by atoms with E-state index in [2.05, 4.69) is 9.89 Å². The number of carboxylic acids is 1. The van der Waals surface area contributed by atoms with Crippen LogP contribution in [0.2, 0.25) is 0 Å². The standard InChI is InChI=1S/C17H10F3NO4/c18-17(19,20)24-12-5-3-11(4-6-12)16-13-9-10(2-8-15(22)23)1-7-14(13)21-25-16/h1-9H,(H,22,23)/b8-2+. The number of hydrogen-bond acceptors (Lipinski definition) is 4. The summed E-state index contributed by atoms with van der Waals surface area (Å²) in [7, 11) is 0. The van der Waals surface area contributed by atoms with Crippen molar-refractivity contribution in [2.45, 2.75) is 6.36 Å². The van der Waals surface area contributed by atoms with Crippen molar-refractivity contribution in [3.8, 4) is 17.1 Å². The minimum atomic E-state index is -4.76. The molecule has 0 saturated heterocycles. The van der Waals surface area contributed by atoms with Gasteiger partial charge in [-0.15, -0.1) is 13.2 Å². The highest BCUT2D eigenvalue weighted by molar-refractivity contribution is 5.94. The first kappa shape index (κ1) is 16.6. The summed E-state index contributed by atoms with van der Waals surface area (Å²) in [6.07, 6.45) is -2.34. The number of nitrogens with zero attached hydrogens (tertiary/aromatic N) is 1. The van der Waals surface area contributed by atoms with Crippen LogP contribution in [0.1, 0.15) is 5.56 Å². The molecule has 3 rings (SSSR count). The number of carboxylic acid groups (broad SMARTS) is 1. The molecule has 25 heavy (non-hydrogen) atoms. The normalized spacial score (nSPS) is 12.0. The van der Waals surface area contributed by atoms with Crippen LogP contribution in [0.15, 0.2) is 53.1 Å². The van der Waals surface area contributed by atoms with Crippen molar-refractivity contribution in [1.82, 2.24) is 5.16 Å². The molecule has 1 heterocycles. The van der Waals surface area contributed by atoms with Crippen molar-refractivity contribution in [3.63, 3.8) is 0 Å². The Hall–Kier alpha value is -3.29. The van der Waals surface area contributed by atoms with Crippen LogP contribution >= 0.6 is 0 Å². The van der Waals surface area contributed by atoms with E-state index < -0.39 is 12.3 Å². The number of alkyl halides is 3. The largest absolute Gasteiger partial charge is 0.573 e. The highest BCUT2D eigenvalue weighted by Gasteiger charge is 2.31. The minimum absolute atomic E-state index is 0.342. The number of benzene rings is 2. The van der Waals surface area contributed by atoms with Gasteiger partial charge in [0.25, 0.3) is 0 Å². The van der Waals surface area contributed by atoms with E-state index >= 15 is 0 Å². The minimum Gasteiger partial charge on any atom is -0.478 e. The van der Waals surface area contributed by atoms with E-state index in [1.54, 1.807) is 18.2 Å². The van der Waals surface area contributed by atoms with Gasteiger partial charge in [0.1, 0.15) is 11.3 Å². The third-order valence-corrected chi connectivity index (χ3v) is 3.27. The maximum Gasteiger partial charge on any atom is 0.573 e. The van der Waals surface area contributed by atoms with Gasteiger partial charge in [0.05, 0.1) is 5.39 Å². The topological polar surface area (TPSA) is 72.6 Å². The van der Waals surface area contributed by atoms with Gasteiger partial charge < -0.3 is 14.4 Å².